The number of rotatable bonds is 3. The molecule has 1 saturated heterocycles. The van der Waals surface area contributed by atoms with Crippen molar-refractivity contribution in [3.8, 4) is 5.75 Å². The molecule has 0 aliphatic carbocycles. The van der Waals surface area contributed by atoms with E-state index in [0.29, 0.717) is 40.4 Å². The molecule has 2 heterocycles. The van der Waals surface area contributed by atoms with Crippen molar-refractivity contribution in [2.45, 2.75) is 13.3 Å². The van der Waals surface area contributed by atoms with Crippen LogP contribution in [-0.4, -0.2) is 56.0 Å². The normalized spacial score (nSPS) is 15.6. The molecule has 2 aromatic rings. The van der Waals surface area contributed by atoms with Gasteiger partial charge in [0.1, 0.15) is 11.3 Å². The highest BCUT2D eigenvalue weighted by Gasteiger charge is 2.22. The van der Waals surface area contributed by atoms with Crippen LogP contribution in [0.2, 0.25) is 5.02 Å². The van der Waals surface area contributed by atoms with Gasteiger partial charge in [0.15, 0.2) is 0 Å². The second-order valence-corrected chi connectivity index (χ2v) is 6.74. The Balaban J connectivity index is 1.94. The van der Waals surface area contributed by atoms with E-state index in [1.807, 2.05) is 14.0 Å². The second kappa shape index (κ2) is 7.06. The number of halogens is 1. The molecular formula is C18H21ClN2O4. The van der Waals surface area contributed by atoms with Crippen LogP contribution in [0.3, 0.4) is 0 Å². The molecule has 7 heteroatoms. The standard InChI is InChI=1S/C18H21ClN2O4/c1-11-12-8-14(19)16(24-3)10-15(12)25-18(23)13(11)9-17(22)21-6-4-20(2)5-7-21/h8,10H,4-7,9H2,1-3H3. The van der Waals surface area contributed by atoms with Crippen LogP contribution in [-0.2, 0) is 11.2 Å². The molecule has 0 saturated carbocycles. The first-order chi connectivity index (χ1) is 11.9. The Labute approximate surface area is 150 Å². The number of amides is 1. The number of fused-ring (bicyclic) bond motifs is 1. The van der Waals surface area contributed by atoms with Crippen molar-refractivity contribution in [1.82, 2.24) is 9.80 Å². The number of nitrogens with zero attached hydrogens (tertiary/aromatic N) is 2. The highest BCUT2D eigenvalue weighted by molar-refractivity contribution is 6.32. The summed E-state index contributed by atoms with van der Waals surface area (Å²) >= 11 is 6.18. The van der Waals surface area contributed by atoms with E-state index >= 15 is 0 Å². The molecule has 3 rings (SSSR count). The molecule has 6 nitrogen and oxygen atoms in total. The van der Waals surface area contributed by atoms with Gasteiger partial charge in [0.2, 0.25) is 5.91 Å². The minimum atomic E-state index is -0.489. The van der Waals surface area contributed by atoms with Gasteiger partial charge >= 0.3 is 5.63 Å². The molecule has 0 atom stereocenters. The van der Waals surface area contributed by atoms with Gasteiger partial charge in [-0.05, 0) is 25.6 Å². The maximum Gasteiger partial charge on any atom is 0.340 e. The Morgan fingerprint density at radius 2 is 1.96 bits per heavy atom. The Bertz CT molecular complexity index is 869. The molecule has 1 aliphatic heterocycles. The zero-order valence-corrected chi connectivity index (χ0v) is 15.4. The molecule has 1 aromatic carbocycles. The van der Waals surface area contributed by atoms with E-state index in [0.717, 1.165) is 18.7 Å². The van der Waals surface area contributed by atoms with Crippen molar-refractivity contribution >= 4 is 28.5 Å². The number of benzene rings is 1. The third kappa shape index (κ3) is 3.50. The van der Waals surface area contributed by atoms with Gasteiger partial charge in [0.25, 0.3) is 0 Å². The topological polar surface area (TPSA) is 63.0 Å². The lowest BCUT2D eigenvalue weighted by atomic mass is 10.0. The van der Waals surface area contributed by atoms with Gasteiger partial charge in [-0.3, -0.25) is 4.79 Å². The van der Waals surface area contributed by atoms with E-state index in [2.05, 4.69) is 4.90 Å². The van der Waals surface area contributed by atoms with Gasteiger partial charge in [-0.2, -0.15) is 0 Å². The van der Waals surface area contributed by atoms with Crippen molar-refractivity contribution in [2.24, 2.45) is 0 Å². The minimum absolute atomic E-state index is 0.0392. The second-order valence-electron chi connectivity index (χ2n) is 6.34. The van der Waals surface area contributed by atoms with Crippen LogP contribution in [0.4, 0.5) is 0 Å². The Hall–Kier alpha value is -2.05. The summed E-state index contributed by atoms with van der Waals surface area (Å²) in [5.74, 6) is 0.389. The average Bonchev–Trinajstić information content (AvgIpc) is 2.59. The van der Waals surface area contributed by atoms with Gasteiger partial charge in [-0.1, -0.05) is 11.6 Å². The van der Waals surface area contributed by atoms with Gasteiger partial charge in [0, 0.05) is 37.6 Å². The van der Waals surface area contributed by atoms with E-state index < -0.39 is 5.63 Å². The fraction of sp³-hybridized carbons (Fsp3) is 0.444. The van der Waals surface area contributed by atoms with Crippen LogP contribution in [0, 0.1) is 6.92 Å². The summed E-state index contributed by atoms with van der Waals surface area (Å²) in [6.45, 7) is 4.85. The summed E-state index contributed by atoms with van der Waals surface area (Å²) in [5, 5.41) is 1.15. The monoisotopic (exact) mass is 364 g/mol. The van der Waals surface area contributed by atoms with Crippen molar-refractivity contribution in [3.05, 3.63) is 38.7 Å². The van der Waals surface area contributed by atoms with Gasteiger partial charge in [-0.15, -0.1) is 0 Å². The third-order valence-corrected chi connectivity index (χ3v) is 5.04. The molecule has 0 unspecified atom stereocenters. The number of ether oxygens (including phenoxy) is 1. The van der Waals surface area contributed by atoms with Gasteiger partial charge < -0.3 is 19.0 Å². The minimum Gasteiger partial charge on any atom is -0.495 e. The highest BCUT2D eigenvalue weighted by atomic mass is 35.5. The maximum absolute atomic E-state index is 12.6. The molecule has 0 N–H and O–H groups in total. The molecule has 1 fully saturated rings. The summed E-state index contributed by atoms with van der Waals surface area (Å²) in [6, 6.07) is 3.30. The molecule has 0 spiro atoms. The largest absolute Gasteiger partial charge is 0.495 e. The molecule has 1 aromatic heterocycles. The number of methoxy groups -OCH3 is 1. The highest BCUT2D eigenvalue weighted by Crippen LogP contribution is 2.31. The Morgan fingerprint density at radius 3 is 2.60 bits per heavy atom. The van der Waals surface area contributed by atoms with Gasteiger partial charge in [-0.25, -0.2) is 4.79 Å². The van der Waals surface area contributed by atoms with E-state index in [1.54, 1.807) is 17.0 Å². The van der Waals surface area contributed by atoms with Gasteiger partial charge in [0.05, 0.1) is 24.1 Å². The van der Waals surface area contributed by atoms with Crippen LogP contribution in [0.15, 0.2) is 21.3 Å². The Kier molecular flexibility index (Phi) is 5.01. The van der Waals surface area contributed by atoms with E-state index in [-0.39, 0.29) is 12.3 Å². The smallest absolute Gasteiger partial charge is 0.340 e. The number of carbonyl (C=O) groups is 1. The molecule has 0 bridgehead atoms. The van der Waals surface area contributed by atoms with Crippen LogP contribution in [0.5, 0.6) is 5.75 Å². The summed E-state index contributed by atoms with van der Waals surface area (Å²) in [7, 11) is 3.53. The summed E-state index contributed by atoms with van der Waals surface area (Å²) in [5.41, 5.74) is 1.02. The summed E-state index contributed by atoms with van der Waals surface area (Å²) < 4.78 is 10.6. The van der Waals surface area contributed by atoms with Crippen LogP contribution in [0.25, 0.3) is 11.0 Å². The summed E-state index contributed by atoms with van der Waals surface area (Å²) in [6.07, 6.45) is 0.0392. The zero-order chi connectivity index (χ0) is 18.1. The van der Waals surface area contributed by atoms with Crippen LogP contribution in [0.1, 0.15) is 11.1 Å². The first-order valence-electron chi connectivity index (χ1n) is 8.17. The van der Waals surface area contributed by atoms with Crippen molar-refractivity contribution in [3.63, 3.8) is 0 Å². The molecule has 1 aliphatic rings. The number of likely N-dealkylation sites (N-methyl/N-ethyl adjacent to an activating group) is 1. The predicted octanol–water partition coefficient (Wildman–Crippen LogP) is 2.08. The average molecular weight is 365 g/mol. The first kappa shape index (κ1) is 17.8. The van der Waals surface area contributed by atoms with E-state index in [4.69, 9.17) is 20.8 Å². The molecular weight excluding hydrogens is 344 g/mol. The van der Waals surface area contributed by atoms with Crippen molar-refractivity contribution < 1.29 is 13.9 Å². The SMILES string of the molecule is COc1cc2oc(=O)c(CC(=O)N3CCN(C)CC3)c(C)c2cc1Cl. The van der Waals surface area contributed by atoms with Crippen molar-refractivity contribution in [2.75, 3.05) is 40.3 Å². The maximum atomic E-state index is 12.6. The lowest BCUT2D eigenvalue weighted by molar-refractivity contribution is -0.132. The summed E-state index contributed by atoms with van der Waals surface area (Å²) in [4.78, 5) is 28.9. The molecule has 25 heavy (non-hydrogen) atoms. The molecule has 134 valence electrons. The molecule has 0 radical (unpaired) electrons. The zero-order valence-electron chi connectivity index (χ0n) is 14.6. The quantitative estimate of drug-likeness (QED) is 0.780. The van der Waals surface area contributed by atoms with E-state index in [1.165, 1.54) is 7.11 Å². The number of carbonyl (C=O) groups excluding carboxylic acids is 1. The number of aryl methyl sites for hydroxylation is 1. The van der Waals surface area contributed by atoms with Crippen LogP contribution >= 0.6 is 11.6 Å². The van der Waals surface area contributed by atoms with Crippen molar-refractivity contribution in [1.29, 1.82) is 0 Å². The number of hydrogen-bond acceptors (Lipinski definition) is 5. The number of hydrogen-bond donors (Lipinski definition) is 0. The predicted molar refractivity (Wildman–Crippen MR) is 96.6 cm³/mol. The lowest BCUT2D eigenvalue weighted by Crippen LogP contribution is -2.47. The van der Waals surface area contributed by atoms with E-state index in [9.17, 15) is 9.59 Å². The lowest BCUT2D eigenvalue weighted by Gasteiger charge is -2.32. The third-order valence-electron chi connectivity index (χ3n) is 4.74. The molecule has 1 amide bonds. The Morgan fingerprint density at radius 1 is 1.28 bits per heavy atom. The first-order valence-corrected chi connectivity index (χ1v) is 8.54. The fourth-order valence-corrected chi connectivity index (χ4v) is 3.31. The number of piperazine rings is 1. The fourth-order valence-electron chi connectivity index (χ4n) is 3.07. The van der Waals surface area contributed by atoms with Crippen LogP contribution < -0.4 is 10.4 Å².